The summed E-state index contributed by atoms with van der Waals surface area (Å²) in [5.74, 6) is -0.943. The highest BCUT2D eigenvalue weighted by molar-refractivity contribution is 5.94. The number of carbonyl (C=O) groups is 2. The summed E-state index contributed by atoms with van der Waals surface area (Å²) in [4.78, 5) is 23.2. The van der Waals surface area contributed by atoms with Crippen molar-refractivity contribution in [1.29, 1.82) is 5.26 Å². The topological polar surface area (TPSA) is 76.4 Å². The van der Waals surface area contributed by atoms with Crippen LogP contribution in [0, 0.1) is 17.2 Å². The number of esters is 2. The number of ether oxygens (including phenoxy) is 2. The molecule has 0 aromatic carbocycles. The monoisotopic (exact) mass is 265 g/mol. The maximum Gasteiger partial charge on any atom is 0.348 e. The number of nitriles is 1. The van der Waals surface area contributed by atoms with Gasteiger partial charge in [-0.3, -0.25) is 4.79 Å². The fourth-order valence-corrected chi connectivity index (χ4v) is 2.34. The quantitative estimate of drug-likeness (QED) is 0.432. The average molecular weight is 265 g/mol. The van der Waals surface area contributed by atoms with Crippen molar-refractivity contribution >= 4 is 11.9 Å². The molecule has 0 heterocycles. The van der Waals surface area contributed by atoms with Crippen molar-refractivity contribution in [3.63, 3.8) is 0 Å². The molecule has 0 N–H and O–H groups in total. The average Bonchev–Trinajstić information content (AvgIpc) is 2.79. The Labute approximate surface area is 113 Å². The van der Waals surface area contributed by atoms with E-state index in [2.05, 4.69) is 0 Å². The van der Waals surface area contributed by atoms with Gasteiger partial charge in [-0.25, -0.2) is 4.79 Å². The van der Waals surface area contributed by atoms with Crippen LogP contribution in [0.25, 0.3) is 0 Å². The van der Waals surface area contributed by atoms with E-state index < -0.39 is 5.97 Å². The predicted octanol–water partition coefficient (Wildman–Crippen LogP) is 2.12. The van der Waals surface area contributed by atoms with Crippen LogP contribution < -0.4 is 0 Å². The number of hydrogen-bond acceptors (Lipinski definition) is 5. The van der Waals surface area contributed by atoms with Gasteiger partial charge in [0.05, 0.1) is 19.6 Å². The number of nitrogens with zero attached hydrogens (tertiary/aromatic N) is 1. The maximum atomic E-state index is 11.7. The Morgan fingerprint density at radius 1 is 1.32 bits per heavy atom. The molecule has 0 amide bonds. The van der Waals surface area contributed by atoms with Crippen molar-refractivity contribution in [3.8, 4) is 6.07 Å². The zero-order chi connectivity index (χ0) is 14.3. The molecule has 1 atom stereocenters. The minimum Gasteiger partial charge on any atom is -0.466 e. The van der Waals surface area contributed by atoms with E-state index in [1.54, 1.807) is 13.8 Å². The highest BCUT2D eigenvalue weighted by Crippen LogP contribution is 2.36. The van der Waals surface area contributed by atoms with E-state index >= 15 is 0 Å². The number of carbonyl (C=O) groups excluding carboxylic acids is 2. The van der Waals surface area contributed by atoms with Gasteiger partial charge >= 0.3 is 11.9 Å². The molecule has 0 aromatic rings. The smallest absolute Gasteiger partial charge is 0.348 e. The summed E-state index contributed by atoms with van der Waals surface area (Å²) in [6.45, 7) is 4.03. The number of hydrogen-bond donors (Lipinski definition) is 0. The first kappa shape index (κ1) is 15.2. The van der Waals surface area contributed by atoms with E-state index in [-0.39, 0.29) is 30.5 Å². The second-order valence-electron chi connectivity index (χ2n) is 4.33. The van der Waals surface area contributed by atoms with Gasteiger partial charge < -0.3 is 9.47 Å². The predicted molar refractivity (Wildman–Crippen MR) is 67.9 cm³/mol. The fourth-order valence-electron chi connectivity index (χ4n) is 2.34. The Hall–Kier alpha value is -1.83. The van der Waals surface area contributed by atoms with E-state index in [4.69, 9.17) is 14.7 Å². The molecule has 0 saturated heterocycles. The van der Waals surface area contributed by atoms with Gasteiger partial charge in [0.25, 0.3) is 0 Å². The Kier molecular flexibility index (Phi) is 6.07. The normalized spacial score (nSPS) is 20.6. The van der Waals surface area contributed by atoms with Crippen molar-refractivity contribution in [2.45, 2.75) is 39.5 Å². The van der Waals surface area contributed by atoms with Crippen molar-refractivity contribution in [2.75, 3.05) is 13.2 Å². The standard InChI is InChI=1S/C14H19NO4/c1-3-18-13(16)8-10-6-5-7-11(10)12(9-15)14(17)19-4-2/h10H,3-8H2,1-2H3/b12-11+. The Balaban J connectivity index is 2.86. The lowest BCUT2D eigenvalue weighted by atomic mass is 9.95. The molecule has 1 fully saturated rings. The minimum absolute atomic E-state index is 0.0636. The molecule has 1 saturated carbocycles. The lowest BCUT2D eigenvalue weighted by Gasteiger charge is -2.12. The van der Waals surface area contributed by atoms with E-state index in [9.17, 15) is 9.59 Å². The van der Waals surface area contributed by atoms with Gasteiger partial charge in [0, 0.05) is 0 Å². The molecule has 0 spiro atoms. The van der Waals surface area contributed by atoms with E-state index in [0.717, 1.165) is 18.4 Å². The molecule has 1 aliphatic carbocycles. The molecular formula is C14H19NO4. The van der Waals surface area contributed by atoms with E-state index in [1.165, 1.54) is 0 Å². The summed E-state index contributed by atoms with van der Waals surface area (Å²) < 4.78 is 9.79. The highest BCUT2D eigenvalue weighted by atomic mass is 16.5. The summed E-state index contributed by atoms with van der Waals surface area (Å²) in [7, 11) is 0. The van der Waals surface area contributed by atoms with Crippen LogP contribution in [0.15, 0.2) is 11.1 Å². The molecule has 0 radical (unpaired) electrons. The molecule has 5 heteroatoms. The largest absolute Gasteiger partial charge is 0.466 e. The molecule has 0 aliphatic heterocycles. The molecule has 5 nitrogen and oxygen atoms in total. The van der Waals surface area contributed by atoms with Gasteiger partial charge in [0.15, 0.2) is 0 Å². The SMILES string of the molecule is CCOC(=O)CC1CCC/C1=C(/C#N)C(=O)OCC. The highest BCUT2D eigenvalue weighted by Gasteiger charge is 2.29. The van der Waals surface area contributed by atoms with Crippen LogP contribution in [0.1, 0.15) is 39.5 Å². The zero-order valence-electron chi connectivity index (χ0n) is 11.4. The summed E-state index contributed by atoms with van der Waals surface area (Å²) in [5.41, 5.74) is 0.808. The Morgan fingerprint density at radius 2 is 2.00 bits per heavy atom. The van der Waals surface area contributed by atoms with Crippen molar-refractivity contribution in [3.05, 3.63) is 11.1 Å². The van der Waals surface area contributed by atoms with Crippen LogP contribution in [0.2, 0.25) is 0 Å². The maximum absolute atomic E-state index is 11.7. The van der Waals surface area contributed by atoms with Crippen molar-refractivity contribution in [2.24, 2.45) is 5.92 Å². The number of allylic oxidation sites excluding steroid dienone is 1. The third kappa shape index (κ3) is 4.09. The van der Waals surface area contributed by atoms with Gasteiger partial charge in [0.1, 0.15) is 11.6 Å². The van der Waals surface area contributed by atoms with Gasteiger partial charge in [-0.15, -0.1) is 0 Å². The zero-order valence-corrected chi connectivity index (χ0v) is 11.4. The van der Waals surface area contributed by atoms with Gasteiger partial charge in [-0.05, 0) is 44.6 Å². The molecule has 0 aromatic heterocycles. The number of rotatable bonds is 5. The van der Waals surface area contributed by atoms with Crippen LogP contribution in [-0.4, -0.2) is 25.2 Å². The summed E-state index contributed by atoms with van der Waals surface area (Å²) >= 11 is 0. The minimum atomic E-state index is -0.587. The molecule has 1 aliphatic rings. The lowest BCUT2D eigenvalue weighted by Crippen LogP contribution is -2.15. The molecule has 104 valence electrons. The molecule has 19 heavy (non-hydrogen) atoms. The second kappa shape index (κ2) is 7.57. The van der Waals surface area contributed by atoms with Gasteiger partial charge in [-0.1, -0.05) is 0 Å². The van der Waals surface area contributed by atoms with E-state index in [1.807, 2.05) is 6.07 Å². The second-order valence-corrected chi connectivity index (χ2v) is 4.33. The first-order valence-electron chi connectivity index (χ1n) is 6.59. The molecule has 1 rings (SSSR count). The van der Waals surface area contributed by atoms with Gasteiger partial charge in [-0.2, -0.15) is 5.26 Å². The molecule has 1 unspecified atom stereocenters. The van der Waals surface area contributed by atoms with Crippen LogP contribution >= 0.6 is 0 Å². The summed E-state index contributed by atoms with van der Waals surface area (Å²) in [6, 6.07) is 1.92. The third-order valence-corrected chi connectivity index (χ3v) is 3.12. The summed E-state index contributed by atoms with van der Waals surface area (Å²) in [6.07, 6.45) is 2.59. The Morgan fingerprint density at radius 3 is 2.58 bits per heavy atom. The third-order valence-electron chi connectivity index (χ3n) is 3.12. The van der Waals surface area contributed by atoms with Crippen LogP contribution in [0.5, 0.6) is 0 Å². The van der Waals surface area contributed by atoms with Gasteiger partial charge in [0.2, 0.25) is 0 Å². The Bertz CT molecular complexity index is 420. The fraction of sp³-hybridized carbons (Fsp3) is 0.643. The first-order valence-corrected chi connectivity index (χ1v) is 6.59. The van der Waals surface area contributed by atoms with Crippen LogP contribution in [0.3, 0.4) is 0 Å². The van der Waals surface area contributed by atoms with Crippen molar-refractivity contribution < 1.29 is 19.1 Å². The molecule has 0 bridgehead atoms. The van der Waals surface area contributed by atoms with Crippen molar-refractivity contribution in [1.82, 2.24) is 0 Å². The molecular weight excluding hydrogens is 246 g/mol. The lowest BCUT2D eigenvalue weighted by molar-refractivity contribution is -0.144. The first-order chi connectivity index (χ1) is 9.13. The summed E-state index contributed by atoms with van der Waals surface area (Å²) in [5, 5.41) is 9.11. The van der Waals surface area contributed by atoms with Crippen LogP contribution in [-0.2, 0) is 19.1 Å². The van der Waals surface area contributed by atoms with Crippen LogP contribution in [0.4, 0.5) is 0 Å². The van der Waals surface area contributed by atoms with E-state index in [0.29, 0.717) is 13.0 Å².